The fourth-order valence-electron chi connectivity index (χ4n) is 1.48. The second-order valence-corrected chi connectivity index (χ2v) is 6.37. The molecule has 7 heteroatoms. The van der Waals surface area contributed by atoms with E-state index in [-0.39, 0.29) is 9.92 Å². The van der Waals surface area contributed by atoms with Gasteiger partial charge >= 0.3 is 5.00 Å². The van der Waals surface area contributed by atoms with Crippen molar-refractivity contribution in [2.45, 2.75) is 13.0 Å². The smallest absolute Gasteiger partial charge is 0.312 e. The van der Waals surface area contributed by atoms with E-state index in [4.69, 9.17) is 11.6 Å². The highest BCUT2D eigenvalue weighted by molar-refractivity contribution is 7.16. The molecule has 2 aromatic heterocycles. The number of nitrogens with zero attached hydrogens (tertiary/aromatic N) is 1. The Hall–Kier alpha value is -0.950. The van der Waals surface area contributed by atoms with Crippen LogP contribution >= 0.6 is 34.3 Å². The zero-order chi connectivity index (χ0) is 13.0. The molecule has 2 rings (SSSR count). The van der Waals surface area contributed by atoms with Crippen LogP contribution in [0.4, 0.5) is 5.00 Å². The van der Waals surface area contributed by atoms with E-state index < -0.39 is 0 Å². The van der Waals surface area contributed by atoms with Crippen LogP contribution in [0.1, 0.15) is 10.4 Å². The van der Waals surface area contributed by atoms with E-state index in [1.165, 1.54) is 4.88 Å². The molecule has 0 aliphatic carbocycles. The van der Waals surface area contributed by atoms with E-state index in [9.17, 15) is 10.1 Å². The highest BCUT2D eigenvalue weighted by Crippen LogP contribution is 2.23. The first-order valence-electron chi connectivity index (χ1n) is 5.32. The van der Waals surface area contributed by atoms with Gasteiger partial charge in [0.15, 0.2) is 0 Å². The van der Waals surface area contributed by atoms with Gasteiger partial charge < -0.3 is 5.32 Å². The average Bonchev–Trinajstić information content (AvgIpc) is 2.93. The maximum Gasteiger partial charge on any atom is 0.324 e. The van der Waals surface area contributed by atoms with Gasteiger partial charge in [-0.25, -0.2) is 0 Å². The molecule has 96 valence electrons. The second-order valence-electron chi connectivity index (χ2n) is 3.68. The van der Waals surface area contributed by atoms with Gasteiger partial charge in [0.2, 0.25) is 0 Å². The Labute approximate surface area is 117 Å². The number of rotatable bonds is 6. The van der Waals surface area contributed by atoms with Gasteiger partial charge in [-0.2, -0.15) is 0 Å². The number of nitro groups is 1. The zero-order valence-corrected chi connectivity index (χ0v) is 11.8. The molecule has 4 nitrogen and oxygen atoms in total. The summed E-state index contributed by atoms with van der Waals surface area (Å²) in [4.78, 5) is 11.4. The molecule has 2 aromatic rings. The molecule has 18 heavy (non-hydrogen) atoms. The maximum absolute atomic E-state index is 10.5. The summed E-state index contributed by atoms with van der Waals surface area (Å²) >= 11 is 8.58. The van der Waals surface area contributed by atoms with Crippen molar-refractivity contribution in [3.8, 4) is 0 Å². The zero-order valence-electron chi connectivity index (χ0n) is 9.39. The predicted octanol–water partition coefficient (Wildman–Crippen LogP) is 3.70. The van der Waals surface area contributed by atoms with Gasteiger partial charge in [-0.1, -0.05) is 22.9 Å². The summed E-state index contributed by atoms with van der Waals surface area (Å²) in [5, 5.41) is 15.8. The van der Waals surface area contributed by atoms with Gasteiger partial charge in [-0.15, -0.1) is 11.3 Å². The van der Waals surface area contributed by atoms with Crippen molar-refractivity contribution in [1.82, 2.24) is 5.32 Å². The van der Waals surface area contributed by atoms with Crippen molar-refractivity contribution in [3.05, 3.63) is 48.5 Å². The van der Waals surface area contributed by atoms with Crippen LogP contribution in [-0.4, -0.2) is 11.5 Å². The molecule has 0 bridgehead atoms. The lowest BCUT2D eigenvalue weighted by Crippen LogP contribution is -2.15. The predicted molar refractivity (Wildman–Crippen MR) is 75.7 cm³/mol. The van der Waals surface area contributed by atoms with Crippen LogP contribution in [-0.2, 0) is 13.0 Å². The van der Waals surface area contributed by atoms with Crippen LogP contribution < -0.4 is 5.32 Å². The Kier molecular flexibility index (Phi) is 4.71. The minimum absolute atomic E-state index is 0.192. The minimum atomic E-state index is -0.359. The Balaban J connectivity index is 1.73. The molecule has 0 fully saturated rings. The van der Waals surface area contributed by atoms with Crippen LogP contribution in [0.15, 0.2) is 23.6 Å². The van der Waals surface area contributed by atoms with Gasteiger partial charge in [0.25, 0.3) is 0 Å². The van der Waals surface area contributed by atoms with Crippen molar-refractivity contribution < 1.29 is 4.92 Å². The molecule has 2 heterocycles. The molecule has 0 radical (unpaired) electrons. The summed E-state index contributed by atoms with van der Waals surface area (Å²) in [5.74, 6) is 0. The Morgan fingerprint density at radius 3 is 2.89 bits per heavy atom. The molecule has 0 amide bonds. The summed E-state index contributed by atoms with van der Waals surface area (Å²) in [6.45, 7) is 1.49. The lowest BCUT2D eigenvalue weighted by molar-refractivity contribution is -0.380. The minimum Gasteiger partial charge on any atom is -0.312 e. The number of thiophene rings is 2. The fraction of sp³-hybridized carbons (Fsp3) is 0.273. The second kappa shape index (κ2) is 6.29. The monoisotopic (exact) mass is 302 g/mol. The quantitative estimate of drug-likeness (QED) is 0.503. The number of hydrogen-bond donors (Lipinski definition) is 1. The maximum atomic E-state index is 10.5. The fourth-order valence-corrected chi connectivity index (χ4v) is 3.30. The highest BCUT2D eigenvalue weighted by atomic mass is 35.5. The normalized spacial score (nSPS) is 10.7. The molecule has 0 unspecified atom stereocenters. The van der Waals surface area contributed by atoms with E-state index in [0.29, 0.717) is 6.54 Å². The van der Waals surface area contributed by atoms with Gasteiger partial charge in [0.1, 0.15) is 0 Å². The third kappa shape index (κ3) is 3.78. The summed E-state index contributed by atoms with van der Waals surface area (Å²) in [7, 11) is 0. The summed E-state index contributed by atoms with van der Waals surface area (Å²) in [6, 6.07) is 5.52. The molecule has 0 atom stereocenters. The Morgan fingerprint density at radius 1 is 1.44 bits per heavy atom. The largest absolute Gasteiger partial charge is 0.324 e. The van der Waals surface area contributed by atoms with E-state index >= 15 is 0 Å². The Bertz CT molecular complexity index is 539. The van der Waals surface area contributed by atoms with E-state index in [1.807, 2.05) is 17.5 Å². The third-order valence-electron chi connectivity index (χ3n) is 2.33. The molecule has 0 saturated heterocycles. The molecule has 0 saturated carbocycles. The molecule has 0 aromatic carbocycles. The van der Waals surface area contributed by atoms with Gasteiger partial charge in [0, 0.05) is 29.4 Å². The van der Waals surface area contributed by atoms with Crippen molar-refractivity contribution in [2.24, 2.45) is 0 Å². The molecular weight excluding hydrogens is 292 g/mol. The summed E-state index contributed by atoms with van der Waals surface area (Å²) in [5.41, 5.74) is 0.955. The van der Waals surface area contributed by atoms with E-state index in [1.54, 1.807) is 17.4 Å². The van der Waals surface area contributed by atoms with Gasteiger partial charge in [0.05, 0.1) is 9.26 Å². The van der Waals surface area contributed by atoms with Crippen molar-refractivity contribution in [2.75, 3.05) is 6.54 Å². The molecule has 0 aliphatic heterocycles. The van der Waals surface area contributed by atoms with Gasteiger partial charge in [-0.05, 0) is 24.1 Å². The standard InChI is InChI=1S/C11H11ClN2O2S2/c12-10-2-1-9(18-10)3-4-13-6-8-5-11(14(15)16)17-7-8/h1-2,5,7,13H,3-4,6H2. The summed E-state index contributed by atoms with van der Waals surface area (Å²) in [6.07, 6.45) is 0.920. The number of hydrogen-bond acceptors (Lipinski definition) is 5. The molecular formula is C11H11ClN2O2S2. The molecule has 0 spiro atoms. The molecule has 1 N–H and O–H groups in total. The van der Waals surface area contributed by atoms with Crippen LogP contribution in [0, 0.1) is 10.1 Å². The van der Waals surface area contributed by atoms with E-state index in [0.717, 1.165) is 34.2 Å². The number of nitrogens with one attached hydrogen (secondary N) is 1. The van der Waals surface area contributed by atoms with Crippen molar-refractivity contribution >= 4 is 39.3 Å². The van der Waals surface area contributed by atoms with Crippen LogP contribution in [0.3, 0.4) is 0 Å². The molecule has 0 aliphatic rings. The average molecular weight is 303 g/mol. The first-order chi connectivity index (χ1) is 8.65. The lowest BCUT2D eigenvalue weighted by Gasteiger charge is -2.00. The van der Waals surface area contributed by atoms with Crippen molar-refractivity contribution in [3.63, 3.8) is 0 Å². The van der Waals surface area contributed by atoms with Crippen LogP contribution in [0.5, 0.6) is 0 Å². The van der Waals surface area contributed by atoms with Crippen LogP contribution in [0.25, 0.3) is 0 Å². The number of halogens is 1. The highest BCUT2D eigenvalue weighted by Gasteiger charge is 2.08. The SMILES string of the molecule is O=[N+]([O-])c1cc(CNCCc2ccc(Cl)s2)cs1. The first kappa shape index (κ1) is 13.5. The topological polar surface area (TPSA) is 55.2 Å². The lowest BCUT2D eigenvalue weighted by atomic mass is 10.3. The summed E-state index contributed by atoms with van der Waals surface area (Å²) < 4.78 is 0.804. The van der Waals surface area contributed by atoms with E-state index in [2.05, 4.69) is 5.32 Å². The Morgan fingerprint density at radius 2 is 2.28 bits per heavy atom. The third-order valence-corrected chi connectivity index (χ3v) is 4.55. The van der Waals surface area contributed by atoms with Gasteiger partial charge in [-0.3, -0.25) is 10.1 Å². The van der Waals surface area contributed by atoms with Crippen LogP contribution in [0.2, 0.25) is 4.34 Å². The van der Waals surface area contributed by atoms with Crippen molar-refractivity contribution in [1.29, 1.82) is 0 Å². The first-order valence-corrected chi connectivity index (χ1v) is 7.39.